The lowest BCUT2D eigenvalue weighted by Crippen LogP contribution is -2.41. The summed E-state index contributed by atoms with van der Waals surface area (Å²) in [7, 11) is 1.88. The predicted molar refractivity (Wildman–Crippen MR) is 99.3 cm³/mol. The van der Waals surface area contributed by atoms with Crippen LogP contribution in [0.5, 0.6) is 0 Å². The zero-order valence-electron chi connectivity index (χ0n) is 14.6. The Hall–Kier alpha value is -2.66. The Kier molecular flexibility index (Phi) is 5.46. The number of anilines is 1. The van der Waals surface area contributed by atoms with E-state index >= 15 is 0 Å². The van der Waals surface area contributed by atoms with Crippen LogP contribution in [-0.2, 0) is 9.53 Å². The van der Waals surface area contributed by atoms with Crippen molar-refractivity contribution in [1.82, 2.24) is 9.88 Å². The van der Waals surface area contributed by atoms with Crippen molar-refractivity contribution in [1.29, 1.82) is 0 Å². The first-order chi connectivity index (χ1) is 12.2. The number of hydrogen-bond acceptors (Lipinski definition) is 4. The number of rotatable bonds is 4. The number of benzene rings is 1. The molecule has 1 amide bonds. The van der Waals surface area contributed by atoms with Crippen molar-refractivity contribution in [3.8, 4) is 0 Å². The second-order valence-corrected chi connectivity index (χ2v) is 6.06. The van der Waals surface area contributed by atoms with Crippen LogP contribution in [0.4, 0.5) is 5.69 Å². The minimum Gasteiger partial charge on any atom is -0.388 e. The number of ether oxygens (including phenoxy) is 1. The van der Waals surface area contributed by atoms with Gasteiger partial charge in [-0.3, -0.25) is 9.78 Å². The summed E-state index contributed by atoms with van der Waals surface area (Å²) in [5, 5.41) is 3.13. The van der Waals surface area contributed by atoms with Crippen molar-refractivity contribution in [2.45, 2.75) is 13.0 Å². The zero-order valence-corrected chi connectivity index (χ0v) is 14.6. The van der Waals surface area contributed by atoms with E-state index in [2.05, 4.69) is 10.3 Å². The molecule has 5 nitrogen and oxygen atoms in total. The third-order valence-electron chi connectivity index (χ3n) is 4.19. The number of pyridine rings is 1. The van der Waals surface area contributed by atoms with E-state index in [4.69, 9.17) is 4.74 Å². The molecule has 0 saturated carbocycles. The standard InChI is InChI=1S/C20H23N3O2/c1-15-12-17(21-2)13-18(22-15)19-14-23(10-11-25-19)20(24)9-8-16-6-4-3-5-7-16/h3-9,12-13,19H,10-11,14H2,1-2H3,(H,21,22)/b9-8+. The molecule has 0 spiro atoms. The van der Waals surface area contributed by atoms with Gasteiger partial charge in [-0.05, 0) is 30.7 Å². The molecule has 1 aliphatic rings. The van der Waals surface area contributed by atoms with E-state index in [1.165, 1.54) is 0 Å². The summed E-state index contributed by atoms with van der Waals surface area (Å²) in [4.78, 5) is 18.9. The first-order valence-electron chi connectivity index (χ1n) is 8.45. The highest BCUT2D eigenvalue weighted by Crippen LogP contribution is 2.24. The lowest BCUT2D eigenvalue weighted by Gasteiger charge is -2.32. The average molecular weight is 337 g/mol. The monoisotopic (exact) mass is 337 g/mol. The molecule has 0 aliphatic carbocycles. The summed E-state index contributed by atoms with van der Waals surface area (Å²) >= 11 is 0. The van der Waals surface area contributed by atoms with Gasteiger partial charge in [-0.1, -0.05) is 30.3 Å². The van der Waals surface area contributed by atoms with Gasteiger partial charge in [0.05, 0.1) is 18.8 Å². The highest BCUT2D eigenvalue weighted by molar-refractivity contribution is 5.91. The number of nitrogens with zero attached hydrogens (tertiary/aromatic N) is 2. The number of hydrogen-bond donors (Lipinski definition) is 1. The molecule has 1 saturated heterocycles. The minimum absolute atomic E-state index is 0.00125. The van der Waals surface area contributed by atoms with Crippen molar-refractivity contribution in [3.05, 3.63) is 65.5 Å². The van der Waals surface area contributed by atoms with Crippen LogP contribution in [0, 0.1) is 6.92 Å². The third kappa shape index (κ3) is 4.45. The average Bonchev–Trinajstić information content (AvgIpc) is 2.66. The van der Waals surface area contributed by atoms with Crippen LogP contribution < -0.4 is 5.32 Å². The summed E-state index contributed by atoms with van der Waals surface area (Å²) in [6.07, 6.45) is 3.27. The van der Waals surface area contributed by atoms with Gasteiger partial charge in [0.2, 0.25) is 5.91 Å². The van der Waals surface area contributed by atoms with Gasteiger partial charge in [-0.2, -0.15) is 0 Å². The Balaban J connectivity index is 1.69. The summed E-state index contributed by atoms with van der Waals surface area (Å²) in [6.45, 7) is 3.58. The molecule has 1 N–H and O–H groups in total. The summed E-state index contributed by atoms with van der Waals surface area (Å²) in [5.41, 5.74) is 3.80. The van der Waals surface area contributed by atoms with Crippen molar-refractivity contribution < 1.29 is 9.53 Å². The number of morpholine rings is 1. The van der Waals surface area contributed by atoms with Gasteiger partial charge in [0.15, 0.2) is 0 Å². The Morgan fingerprint density at radius 1 is 1.32 bits per heavy atom. The Labute approximate surface area is 148 Å². The normalized spacial score (nSPS) is 17.7. The van der Waals surface area contributed by atoms with Crippen LogP contribution in [0.15, 0.2) is 48.5 Å². The Morgan fingerprint density at radius 3 is 2.88 bits per heavy atom. The van der Waals surface area contributed by atoms with Crippen molar-refractivity contribution in [2.75, 3.05) is 32.1 Å². The number of aromatic nitrogens is 1. The molecule has 1 aromatic heterocycles. The summed E-state index contributed by atoms with van der Waals surface area (Å²) < 4.78 is 5.85. The predicted octanol–water partition coefficient (Wildman–Crippen LogP) is 3.05. The second kappa shape index (κ2) is 7.94. The minimum atomic E-state index is -0.199. The largest absolute Gasteiger partial charge is 0.388 e. The molecule has 1 fully saturated rings. The molecule has 2 heterocycles. The number of amides is 1. The molecule has 2 aromatic rings. The SMILES string of the molecule is CNc1cc(C)nc(C2CN(C(=O)/C=C/c3ccccc3)CCO2)c1. The third-order valence-corrected chi connectivity index (χ3v) is 4.19. The number of nitrogens with one attached hydrogen (secondary N) is 1. The van der Waals surface area contributed by atoms with Crippen molar-refractivity contribution in [3.63, 3.8) is 0 Å². The van der Waals surface area contributed by atoms with Crippen LogP contribution in [0.1, 0.15) is 23.1 Å². The van der Waals surface area contributed by atoms with Gasteiger partial charge >= 0.3 is 0 Å². The lowest BCUT2D eigenvalue weighted by atomic mass is 10.1. The summed E-state index contributed by atoms with van der Waals surface area (Å²) in [5.74, 6) is -0.00125. The van der Waals surface area contributed by atoms with Gasteiger partial charge in [-0.25, -0.2) is 0 Å². The molecule has 1 atom stereocenters. The first kappa shape index (κ1) is 17.2. The fourth-order valence-corrected chi connectivity index (χ4v) is 2.87. The number of carbonyl (C=O) groups excluding carboxylic acids is 1. The van der Waals surface area contributed by atoms with Crippen molar-refractivity contribution >= 4 is 17.7 Å². The molecule has 1 aliphatic heterocycles. The molecule has 0 bridgehead atoms. The van der Waals surface area contributed by atoms with Crippen LogP contribution in [0.3, 0.4) is 0 Å². The molecule has 130 valence electrons. The van der Waals surface area contributed by atoms with Crippen LogP contribution in [0.2, 0.25) is 0 Å². The molecule has 3 rings (SSSR count). The van der Waals surface area contributed by atoms with E-state index in [1.807, 2.05) is 67.4 Å². The maximum Gasteiger partial charge on any atom is 0.246 e. The molecular weight excluding hydrogens is 314 g/mol. The first-order valence-corrected chi connectivity index (χ1v) is 8.45. The Bertz CT molecular complexity index is 759. The molecule has 0 radical (unpaired) electrons. The topological polar surface area (TPSA) is 54.5 Å². The van der Waals surface area contributed by atoms with E-state index in [-0.39, 0.29) is 12.0 Å². The van der Waals surface area contributed by atoms with Crippen LogP contribution >= 0.6 is 0 Å². The van der Waals surface area contributed by atoms with Gasteiger partial charge in [0.1, 0.15) is 6.10 Å². The summed E-state index contributed by atoms with van der Waals surface area (Å²) in [6, 6.07) is 13.8. The quantitative estimate of drug-likeness (QED) is 0.871. The molecule has 1 unspecified atom stereocenters. The van der Waals surface area contributed by atoms with Crippen LogP contribution in [-0.4, -0.2) is 42.5 Å². The molecule has 5 heteroatoms. The highest BCUT2D eigenvalue weighted by Gasteiger charge is 2.25. The maximum absolute atomic E-state index is 12.5. The fraction of sp³-hybridized carbons (Fsp3) is 0.300. The van der Waals surface area contributed by atoms with E-state index < -0.39 is 0 Å². The smallest absolute Gasteiger partial charge is 0.246 e. The van der Waals surface area contributed by atoms with Gasteiger partial charge in [0.25, 0.3) is 0 Å². The van der Waals surface area contributed by atoms with E-state index in [1.54, 1.807) is 6.08 Å². The maximum atomic E-state index is 12.5. The second-order valence-electron chi connectivity index (χ2n) is 6.06. The van der Waals surface area contributed by atoms with Gasteiger partial charge in [-0.15, -0.1) is 0 Å². The van der Waals surface area contributed by atoms with Gasteiger partial charge in [0, 0.05) is 31.0 Å². The van der Waals surface area contributed by atoms with Gasteiger partial charge < -0.3 is 15.0 Å². The Morgan fingerprint density at radius 2 is 2.12 bits per heavy atom. The number of aryl methyl sites for hydroxylation is 1. The zero-order chi connectivity index (χ0) is 17.6. The number of carbonyl (C=O) groups is 1. The highest BCUT2D eigenvalue weighted by atomic mass is 16.5. The fourth-order valence-electron chi connectivity index (χ4n) is 2.87. The lowest BCUT2D eigenvalue weighted by molar-refractivity contribution is -0.133. The molecule has 25 heavy (non-hydrogen) atoms. The van der Waals surface area contributed by atoms with Crippen LogP contribution in [0.25, 0.3) is 6.08 Å². The van der Waals surface area contributed by atoms with Crippen molar-refractivity contribution in [2.24, 2.45) is 0 Å². The van der Waals surface area contributed by atoms with E-state index in [0.717, 1.165) is 22.6 Å². The molecular formula is C20H23N3O2. The van der Waals surface area contributed by atoms with E-state index in [9.17, 15) is 4.79 Å². The van der Waals surface area contributed by atoms with E-state index in [0.29, 0.717) is 19.7 Å². The molecule has 1 aromatic carbocycles.